The van der Waals surface area contributed by atoms with E-state index in [0.717, 1.165) is 23.9 Å². The van der Waals surface area contributed by atoms with Gasteiger partial charge in [0.15, 0.2) is 5.16 Å². The maximum absolute atomic E-state index is 13.7. The molecule has 0 aliphatic heterocycles. The van der Waals surface area contributed by atoms with Crippen LogP contribution in [0.5, 0.6) is 0 Å². The minimum atomic E-state index is -0.780. The third kappa shape index (κ3) is 2.19. The van der Waals surface area contributed by atoms with Crippen LogP contribution in [0.15, 0.2) is 22.2 Å². The van der Waals surface area contributed by atoms with E-state index < -0.39 is 11.6 Å². The first kappa shape index (κ1) is 12.5. The fraction of sp³-hybridized carbons (Fsp3) is 0.182. The van der Waals surface area contributed by atoms with Crippen molar-refractivity contribution < 1.29 is 8.78 Å². The van der Waals surface area contributed by atoms with Gasteiger partial charge in [-0.15, -0.1) is 10.2 Å². The number of aromatic nitrogens is 3. The first-order valence-corrected chi connectivity index (χ1v) is 5.77. The maximum Gasteiger partial charge on any atom is 0.195 e. The van der Waals surface area contributed by atoms with Crippen molar-refractivity contribution >= 4 is 11.8 Å². The lowest BCUT2D eigenvalue weighted by molar-refractivity contribution is 0.539. The predicted octanol–water partition coefficient (Wildman–Crippen LogP) is 2.42. The molecule has 1 aromatic carbocycles. The van der Waals surface area contributed by atoms with Gasteiger partial charge in [-0.25, -0.2) is 8.78 Å². The fourth-order valence-corrected chi connectivity index (χ4v) is 2.14. The molecule has 0 spiro atoms. The summed E-state index contributed by atoms with van der Waals surface area (Å²) in [6.07, 6.45) is 0. The Hall–Kier alpha value is -1.94. The number of aryl methyl sites for hydroxylation is 1. The van der Waals surface area contributed by atoms with Crippen LogP contribution in [0.25, 0.3) is 0 Å². The molecule has 4 nitrogen and oxygen atoms in total. The Morgan fingerprint density at radius 3 is 2.33 bits per heavy atom. The highest BCUT2D eigenvalue weighted by atomic mass is 32.2. The zero-order chi connectivity index (χ0) is 13.3. The molecule has 0 bridgehead atoms. The minimum Gasteiger partial charge on any atom is -0.309 e. The van der Waals surface area contributed by atoms with Gasteiger partial charge in [-0.2, -0.15) is 5.26 Å². The lowest BCUT2D eigenvalue weighted by Gasteiger charge is -2.04. The standard InChI is InChI=1S/C11H8F2N4S/c1-6-15-16-11(17(6)2)18-10-8(12)3-7(5-14)4-9(10)13/h3-4H,1-2H3. The average molecular weight is 266 g/mol. The number of hydrogen-bond donors (Lipinski definition) is 0. The van der Waals surface area contributed by atoms with Crippen LogP contribution in [0.2, 0.25) is 0 Å². The molecule has 2 aromatic rings. The van der Waals surface area contributed by atoms with E-state index in [9.17, 15) is 8.78 Å². The van der Waals surface area contributed by atoms with Crippen LogP contribution in [-0.2, 0) is 7.05 Å². The molecule has 0 amide bonds. The fourth-order valence-electron chi connectivity index (χ4n) is 1.29. The SMILES string of the molecule is Cc1nnc(Sc2c(F)cc(C#N)cc2F)n1C. The van der Waals surface area contributed by atoms with Gasteiger partial charge in [-0.05, 0) is 30.8 Å². The summed E-state index contributed by atoms with van der Waals surface area (Å²) in [5.41, 5.74) is -0.0523. The lowest BCUT2D eigenvalue weighted by Crippen LogP contribution is -1.96. The third-order valence-electron chi connectivity index (χ3n) is 2.37. The second kappa shape index (κ2) is 4.74. The second-order valence-electron chi connectivity index (χ2n) is 3.57. The number of nitriles is 1. The highest BCUT2D eigenvalue weighted by Gasteiger charge is 2.16. The highest BCUT2D eigenvalue weighted by molar-refractivity contribution is 7.99. The molecule has 92 valence electrons. The Balaban J connectivity index is 2.41. The van der Waals surface area contributed by atoms with Crippen LogP contribution in [0.3, 0.4) is 0 Å². The molecule has 0 fully saturated rings. The summed E-state index contributed by atoms with van der Waals surface area (Å²) in [5.74, 6) is -0.915. The lowest BCUT2D eigenvalue weighted by atomic mass is 10.2. The van der Waals surface area contributed by atoms with E-state index in [0.29, 0.717) is 11.0 Å². The van der Waals surface area contributed by atoms with E-state index in [1.807, 2.05) is 0 Å². The van der Waals surface area contributed by atoms with Gasteiger partial charge < -0.3 is 4.57 Å². The van der Waals surface area contributed by atoms with E-state index in [4.69, 9.17) is 5.26 Å². The van der Waals surface area contributed by atoms with Crippen LogP contribution in [-0.4, -0.2) is 14.8 Å². The second-order valence-corrected chi connectivity index (χ2v) is 4.55. The molecule has 0 saturated carbocycles. The van der Waals surface area contributed by atoms with Gasteiger partial charge in [0.1, 0.15) is 17.5 Å². The molecule has 7 heteroatoms. The molecule has 2 rings (SSSR count). The van der Waals surface area contributed by atoms with Crippen LogP contribution < -0.4 is 0 Å². The minimum absolute atomic E-state index is 0.0523. The van der Waals surface area contributed by atoms with Gasteiger partial charge in [-0.3, -0.25) is 0 Å². The van der Waals surface area contributed by atoms with Crippen LogP contribution >= 0.6 is 11.8 Å². The zero-order valence-electron chi connectivity index (χ0n) is 9.61. The van der Waals surface area contributed by atoms with Crippen molar-refractivity contribution in [1.29, 1.82) is 5.26 Å². The summed E-state index contributed by atoms with van der Waals surface area (Å²) in [4.78, 5) is -0.190. The summed E-state index contributed by atoms with van der Waals surface area (Å²) in [5, 5.41) is 16.6. The van der Waals surface area contributed by atoms with Gasteiger partial charge in [0.2, 0.25) is 0 Å². The van der Waals surface area contributed by atoms with E-state index >= 15 is 0 Å². The smallest absolute Gasteiger partial charge is 0.195 e. The first-order chi connectivity index (χ1) is 8.52. The van der Waals surface area contributed by atoms with Gasteiger partial charge in [-0.1, -0.05) is 0 Å². The molecular formula is C11H8F2N4S. The van der Waals surface area contributed by atoms with Crippen LogP contribution in [0.1, 0.15) is 11.4 Å². The summed E-state index contributed by atoms with van der Waals surface area (Å²) < 4.78 is 28.9. The third-order valence-corrected chi connectivity index (χ3v) is 3.51. The molecule has 0 aliphatic rings. The summed E-state index contributed by atoms with van der Waals surface area (Å²) in [7, 11) is 1.71. The highest BCUT2D eigenvalue weighted by Crippen LogP contribution is 2.31. The Bertz CT molecular complexity index is 622. The number of rotatable bonds is 2. The number of halogens is 2. The average Bonchev–Trinajstić information content (AvgIpc) is 2.65. The molecule has 18 heavy (non-hydrogen) atoms. The van der Waals surface area contributed by atoms with Crippen molar-refractivity contribution in [2.75, 3.05) is 0 Å². The van der Waals surface area contributed by atoms with Crippen molar-refractivity contribution in [3.63, 3.8) is 0 Å². The molecule has 0 aliphatic carbocycles. The van der Waals surface area contributed by atoms with Crippen LogP contribution in [0.4, 0.5) is 8.78 Å². The van der Waals surface area contributed by atoms with E-state index in [-0.39, 0.29) is 10.5 Å². The Morgan fingerprint density at radius 1 is 1.28 bits per heavy atom. The monoisotopic (exact) mass is 266 g/mol. The van der Waals surface area contributed by atoms with E-state index in [1.54, 1.807) is 24.6 Å². The quantitative estimate of drug-likeness (QED) is 0.837. The van der Waals surface area contributed by atoms with Crippen molar-refractivity contribution in [2.45, 2.75) is 17.0 Å². The molecule has 1 aromatic heterocycles. The van der Waals surface area contributed by atoms with Crippen molar-refractivity contribution in [2.24, 2.45) is 7.05 Å². The summed E-state index contributed by atoms with van der Waals surface area (Å²) in [6, 6.07) is 3.68. The topological polar surface area (TPSA) is 54.5 Å². The summed E-state index contributed by atoms with van der Waals surface area (Å²) >= 11 is 0.837. The Labute approximate surface area is 106 Å². The molecule has 0 unspecified atom stereocenters. The molecule has 0 radical (unpaired) electrons. The Kier molecular flexibility index (Phi) is 3.30. The number of benzene rings is 1. The van der Waals surface area contributed by atoms with Gasteiger partial charge >= 0.3 is 0 Å². The zero-order valence-corrected chi connectivity index (χ0v) is 10.4. The van der Waals surface area contributed by atoms with Crippen LogP contribution in [0, 0.1) is 29.9 Å². The molecule has 1 heterocycles. The normalized spacial score (nSPS) is 10.4. The van der Waals surface area contributed by atoms with Gasteiger partial charge in [0, 0.05) is 7.05 Å². The number of hydrogen-bond acceptors (Lipinski definition) is 4. The van der Waals surface area contributed by atoms with E-state index in [2.05, 4.69) is 10.2 Å². The van der Waals surface area contributed by atoms with Crippen molar-refractivity contribution in [3.8, 4) is 6.07 Å². The van der Waals surface area contributed by atoms with Crippen molar-refractivity contribution in [1.82, 2.24) is 14.8 Å². The maximum atomic E-state index is 13.7. The molecular weight excluding hydrogens is 258 g/mol. The summed E-state index contributed by atoms with van der Waals surface area (Å²) in [6.45, 7) is 1.74. The number of nitrogens with zero attached hydrogens (tertiary/aromatic N) is 4. The van der Waals surface area contributed by atoms with Crippen molar-refractivity contribution in [3.05, 3.63) is 35.2 Å². The Morgan fingerprint density at radius 2 is 1.89 bits per heavy atom. The molecule has 0 N–H and O–H groups in total. The first-order valence-electron chi connectivity index (χ1n) is 4.96. The predicted molar refractivity (Wildman–Crippen MR) is 60.9 cm³/mol. The molecule has 0 saturated heterocycles. The van der Waals surface area contributed by atoms with Gasteiger partial charge in [0.05, 0.1) is 16.5 Å². The largest absolute Gasteiger partial charge is 0.309 e. The van der Waals surface area contributed by atoms with Gasteiger partial charge in [0.25, 0.3) is 0 Å². The van der Waals surface area contributed by atoms with E-state index in [1.165, 1.54) is 0 Å². The molecule has 0 atom stereocenters.